The van der Waals surface area contributed by atoms with E-state index in [0.717, 1.165) is 0 Å². The topological polar surface area (TPSA) is 122 Å². The van der Waals surface area contributed by atoms with Gasteiger partial charge in [-0.2, -0.15) is 0 Å². The Balaban J connectivity index is 2.14. The molecule has 10 heteroatoms. The van der Waals surface area contributed by atoms with Crippen molar-refractivity contribution in [2.45, 2.75) is 39.5 Å². The van der Waals surface area contributed by atoms with Crippen molar-refractivity contribution in [3.63, 3.8) is 0 Å². The van der Waals surface area contributed by atoms with Gasteiger partial charge in [0, 0.05) is 6.04 Å². The fourth-order valence-corrected chi connectivity index (χ4v) is 2.40. The van der Waals surface area contributed by atoms with Crippen LogP contribution in [0, 0.1) is 0 Å². The number of anilines is 1. The Morgan fingerprint density at radius 2 is 2.05 bits per heavy atom. The highest BCUT2D eigenvalue weighted by molar-refractivity contribution is 7.51. The van der Waals surface area contributed by atoms with Crippen LogP contribution >= 0.6 is 7.60 Å². The molecule has 0 radical (unpaired) electrons. The van der Waals surface area contributed by atoms with Crippen molar-refractivity contribution in [2.75, 3.05) is 11.7 Å². The van der Waals surface area contributed by atoms with Crippen molar-refractivity contribution < 1.29 is 19.1 Å². The van der Waals surface area contributed by atoms with Crippen LogP contribution in [0.1, 0.15) is 20.8 Å². The summed E-state index contributed by atoms with van der Waals surface area (Å²) in [5, 5.41) is 3.20. The predicted molar refractivity (Wildman–Crippen MR) is 81.5 cm³/mol. The number of rotatable bonds is 7. The van der Waals surface area contributed by atoms with E-state index in [1.165, 1.54) is 6.33 Å². The molecule has 9 nitrogen and oxygen atoms in total. The number of ether oxygens (including phenoxy) is 1. The number of fused-ring (bicyclic) bond motifs is 1. The molecule has 2 rings (SSSR count). The first-order chi connectivity index (χ1) is 10.3. The van der Waals surface area contributed by atoms with E-state index in [1.807, 2.05) is 13.8 Å². The zero-order chi connectivity index (χ0) is 16.3. The van der Waals surface area contributed by atoms with Crippen molar-refractivity contribution in [2.24, 2.45) is 0 Å². The zero-order valence-electron chi connectivity index (χ0n) is 12.7. The third-order valence-electron chi connectivity index (χ3n) is 2.81. The second kappa shape index (κ2) is 6.70. The normalized spacial score (nSPS) is 13.7. The molecule has 2 aromatic heterocycles. The summed E-state index contributed by atoms with van der Waals surface area (Å²) in [6.07, 6.45) is 2.08. The molecule has 0 unspecified atom stereocenters. The van der Waals surface area contributed by atoms with Crippen LogP contribution in [0.3, 0.4) is 0 Å². The summed E-state index contributed by atoms with van der Waals surface area (Å²) in [5.74, 6) is 0.655. The molecule has 0 aliphatic carbocycles. The third-order valence-corrected chi connectivity index (χ3v) is 3.29. The number of aromatic nitrogens is 4. The molecule has 3 N–H and O–H groups in total. The zero-order valence-corrected chi connectivity index (χ0v) is 13.6. The van der Waals surface area contributed by atoms with Gasteiger partial charge in [-0.1, -0.05) is 0 Å². The minimum atomic E-state index is -4.16. The Hall–Kier alpha value is -1.54. The average Bonchev–Trinajstić information content (AvgIpc) is 2.80. The molecule has 0 fully saturated rings. The number of nitrogens with zero attached hydrogens (tertiary/aromatic N) is 4. The maximum absolute atomic E-state index is 10.8. The highest BCUT2D eigenvalue weighted by Crippen LogP contribution is 2.34. The fourth-order valence-electron chi connectivity index (χ4n) is 1.95. The van der Waals surface area contributed by atoms with Crippen LogP contribution < -0.4 is 5.32 Å². The minimum absolute atomic E-state index is 0.216. The van der Waals surface area contributed by atoms with Gasteiger partial charge in [-0.05, 0) is 20.8 Å². The summed E-state index contributed by atoms with van der Waals surface area (Å²) in [7, 11) is -4.16. The van der Waals surface area contributed by atoms with E-state index in [9.17, 15) is 4.57 Å². The summed E-state index contributed by atoms with van der Waals surface area (Å²) in [4.78, 5) is 30.3. The largest absolute Gasteiger partial charge is 0.366 e. The smallest absolute Gasteiger partial charge is 0.350 e. The molecule has 22 heavy (non-hydrogen) atoms. The number of nitrogens with one attached hydrogen (secondary N) is 1. The van der Waals surface area contributed by atoms with Gasteiger partial charge in [0.05, 0.1) is 19.0 Å². The maximum Gasteiger partial charge on any atom is 0.350 e. The van der Waals surface area contributed by atoms with Crippen LogP contribution in [0.5, 0.6) is 0 Å². The van der Waals surface area contributed by atoms with Crippen molar-refractivity contribution in [1.29, 1.82) is 0 Å². The van der Waals surface area contributed by atoms with E-state index in [-0.39, 0.29) is 12.1 Å². The van der Waals surface area contributed by atoms with Gasteiger partial charge in [-0.15, -0.1) is 0 Å². The molecule has 0 amide bonds. The van der Waals surface area contributed by atoms with Crippen LogP contribution in [-0.2, 0) is 15.8 Å². The average molecular weight is 329 g/mol. The van der Waals surface area contributed by atoms with Gasteiger partial charge in [0.1, 0.15) is 18.2 Å². The van der Waals surface area contributed by atoms with Crippen LogP contribution in [0.15, 0.2) is 12.7 Å². The summed E-state index contributed by atoms with van der Waals surface area (Å²) >= 11 is 0. The molecule has 0 aromatic carbocycles. The fraction of sp³-hybridized carbons (Fsp3) is 0.583. The van der Waals surface area contributed by atoms with E-state index in [4.69, 9.17) is 14.5 Å². The van der Waals surface area contributed by atoms with Gasteiger partial charge in [-0.25, -0.2) is 15.0 Å². The van der Waals surface area contributed by atoms with E-state index in [1.54, 1.807) is 17.8 Å². The number of hydrogen-bond acceptors (Lipinski definition) is 6. The number of hydrogen-bond donors (Lipinski definition) is 3. The highest BCUT2D eigenvalue weighted by Gasteiger charge is 2.17. The number of imidazole rings is 1. The maximum atomic E-state index is 10.8. The Bertz CT molecular complexity index is 683. The van der Waals surface area contributed by atoms with Crippen LogP contribution in [0.2, 0.25) is 0 Å². The highest BCUT2D eigenvalue weighted by atomic mass is 31.2. The predicted octanol–water partition coefficient (Wildman–Crippen LogP) is 1.19. The van der Waals surface area contributed by atoms with Crippen molar-refractivity contribution in [3.8, 4) is 0 Å². The van der Waals surface area contributed by atoms with Crippen molar-refractivity contribution in [1.82, 2.24) is 19.5 Å². The molecule has 2 aromatic rings. The third kappa shape index (κ3) is 4.48. The Morgan fingerprint density at radius 3 is 2.68 bits per heavy atom. The molecule has 0 aliphatic rings. The first kappa shape index (κ1) is 16.8. The molecule has 0 spiro atoms. The van der Waals surface area contributed by atoms with E-state index in [0.29, 0.717) is 23.5 Å². The summed E-state index contributed by atoms with van der Waals surface area (Å²) in [5.41, 5.74) is 1.29. The Kier molecular flexibility index (Phi) is 5.12. The molecule has 0 saturated heterocycles. The van der Waals surface area contributed by atoms with Crippen molar-refractivity contribution in [3.05, 3.63) is 12.7 Å². The second-order valence-electron chi connectivity index (χ2n) is 5.36. The lowest BCUT2D eigenvalue weighted by atomic mass is 10.3. The summed E-state index contributed by atoms with van der Waals surface area (Å²) in [6, 6.07) is 0.216. The van der Waals surface area contributed by atoms with Gasteiger partial charge < -0.3 is 24.4 Å². The van der Waals surface area contributed by atoms with Gasteiger partial charge >= 0.3 is 7.60 Å². The minimum Gasteiger partial charge on any atom is -0.366 e. The molecular formula is C12H20N5O4P. The SMILES string of the molecule is CC(C)Nc1ncnc2c1ncn2C[C@H](C)OCP(=O)(O)O. The summed E-state index contributed by atoms with van der Waals surface area (Å²) < 4.78 is 17.7. The quantitative estimate of drug-likeness (QED) is 0.647. The molecule has 0 aliphatic heterocycles. The molecule has 122 valence electrons. The van der Waals surface area contributed by atoms with Gasteiger partial charge in [0.2, 0.25) is 0 Å². The molecular weight excluding hydrogens is 309 g/mol. The van der Waals surface area contributed by atoms with E-state index < -0.39 is 13.9 Å². The van der Waals surface area contributed by atoms with Crippen molar-refractivity contribution >= 4 is 24.6 Å². The van der Waals surface area contributed by atoms with Crippen LogP contribution in [-0.4, -0.2) is 47.8 Å². The van der Waals surface area contributed by atoms with Gasteiger partial charge in [-0.3, -0.25) is 4.57 Å². The Morgan fingerprint density at radius 1 is 1.32 bits per heavy atom. The van der Waals surface area contributed by atoms with E-state index >= 15 is 0 Å². The molecule has 2 heterocycles. The monoisotopic (exact) mass is 329 g/mol. The lowest BCUT2D eigenvalue weighted by Gasteiger charge is -2.14. The first-order valence-corrected chi connectivity index (χ1v) is 8.64. The van der Waals surface area contributed by atoms with Crippen LogP contribution in [0.25, 0.3) is 11.2 Å². The van der Waals surface area contributed by atoms with Gasteiger partial charge in [0.25, 0.3) is 0 Å². The lowest BCUT2D eigenvalue weighted by Crippen LogP contribution is -2.17. The first-order valence-electron chi connectivity index (χ1n) is 6.85. The second-order valence-corrected chi connectivity index (χ2v) is 6.95. The van der Waals surface area contributed by atoms with E-state index in [2.05, 4.69) is 20.3 Å². The van der Waals surface area contributed by atoms with Crippen LogP contribution in [0.4, 0.5) is 5.82 Å². The van der Waals surface area contributed by atoms with Gasteiger partial charge in [0.15, 0.2) is 11.5 Å². The molecule has 0 bridgehead atoms. The lowest BCUT2D eigenvalue weighted by molar-refractivity contribution is 0.0764. The summed E-state index contributed by atoms with van der Waals surface area (Å²) in [6.45, 7) is 6.12. The molecule has 1 atom stereocenters. The molecule has 0 saturated carbocycles. The standard InChI is InChI=1S/C12H20N5O4P/c1-8(2)16-11-10-12(14-5-13-11)17(6-15-10)4-9(3)21-7-22(18,19)20/h5-6,8-9H,4,7H2,1-3H3,(H,13,14,16)(H2,18,19,20)/t9-/m0/s1. The Labute approximate surface area is 127 Å².